The monoisotopic (exact) mass is 502 g/mol. The fourth-order valence-corrected chi connectivity index (χ4v) is 5.35. The van der Waals surface area contributed by atoms with E-state index in [-0.39, 0.29) is 18.9 Å². The van der Waals surface area contributed by atoms with Crippen molar-refractivity contribution in [1.82, 2.24) is 9.80 Å². The van der Waals surface area contributed by atoms with E-state index in [2.05, 4.69) is 4.90 Å². The zero-order valence-electron chi connectivity index (χ0n) is 19.4. The Balaban J connectivity index is 1.60. The van der Waals surface area contributed by atoms with Crippen LogP contribution in [-0.2, 0) is 9.53 Å². The minimum atomic E-state index is -0.906. The molecule has 0 unspecified atom stereocenters. The highest BCUT2D eigenvalue weighted by molar-refractivity contribution is 7.12. The first-order valence-corrected chi connectivity index (χ1v) is 12.1. The van der Waals surface area contributed by atoms with E-state index in [1.54, 1.807) is 23.6 Å². The number of rotatable bonds is 8. The van der Waals surface area contributed by atoms with Crippen molar-refractivity contribution in [2.75, 3.05) is 60.4 Å². The number of nitrogens with zero attached hydrogens (tertiary/aromatic N) is 2. The van der Waals surface area contributed by atoms with Gasteiger partial charge < -0.3 is 33.7 Å². The summed E-state index contributed by atoms with van der Waals surface area (Å²) >= 11 is 1.25. The zero-order chi connectivity index (χ0) is 24.5. The predicted octanol–water partition coefficient (Wildman–Crippen LogP) is 2.40. The van der Waals surface area contributed by atoms with Gasteiger partial charge in [-0.05, 0) is 17.5 Å². The van der Waals surface area contributed by atoms with Gasteiger partial charge in [0.25, 0.3) is 5.91 Å². The zero-order valence-corrected chi connectivity index (χ0v) is 20.3. The molecule has 1 aromatic carbocycles. The molecule has 1 fully saturated rings. The molecule has 0 bridgehead atoms. The molecule has 0 saturated carbocycles. The molecule has 2 aromatic rings. The molecule has 3 aliphatic heterocycles. The number of ketones is 1. The van der Waals surface area contributed by atoms with Crippen LogP contribution < -0.4 is 18.9 Å². The van der Waals surface area contributed by atoms with Crippen LogP contribution in [0.25, 0.3) is 0 Å². The summed E-state index contributed by atoms with van der Waals surface area (Å²) in [4.78, 5) is 31.0. The van der Waals surface area contributed by atoms with Crippen LogP contribution in [0.1, 0.15) is 21.3 Å². The molecule has 11 heteroatoms. The fourth-order valence-electron chi connectivity index (χ4n) is 4.67. The van der Waals surface area contributed by atoms with Gasteiger partial charge in [-0.1, -0.05) is 6.07 Å². The third-order valence-corrected chi connectivity index (χ3v) is 7.23. The number of Topliss-reactive ketones (excluding diaryl/α,β-unsaturated/α-hetero) is 1. The van der Waals surface area contributed by atoms with Crippen LogP contribution in [0.15, 0.2) is 34.9 Å². The number of carbonyl (C=O) groups is 2. The highest BCUT2D eigenvalue weighted by Crippen LogP contribution is 2.53. The number of morpholine rings is 1. The second-order valence-electron chi connectivity index (χ2n) is 8.19. The van der Waals surface area contributed by atoms with Crippen molar-refractivity contribution in [2.45, 2.75) is 6.04 Å². The van der Waals surface area contributed by atoms with Gasteiger partial charge in [-0.3, -0.25) is 14.5 Å². The quantitative estimate of drug-likeness (QED) is 0.545. The standard InChI is InChI=1S/C24H26N2O8S/c1-30-21-14(12-15-22(23(21)31-2)34-13-33-15)18-17(19(27)16-4-3-11-35-16)20(28)24(29)26(18)6-5-25-7-9-32-10-8-25/h3-4,11-12,18,28H,5-10,13H2,1-2H3/t18-/m0/s1. The molecule has 10 nitrogen and oxygen atoms in total. The van der Waals surface area contributed by atoms with Gasteiger partial charge in [0.1, 0.15) is 0 Å². The third kappa shape index (κ3) is 4.09. The lowest BCUT2D eigenvalue weighted by molar-refractivity contribution is -0.129. The Morgan fingerprint density at radius 1 is 1.17 bits per heavy atom. The summed E-state index contributed by atoms with van der Waals surface area (Å²) in [5, 5.41) is 12.7. The number of ether oxygens (including phenoxy) is 5. The maximum atomic E-state index is 13.5. The number of hydrogen-bond donors (Lipinski definition) is 1. The third-order valence-electron chi connectivity index (χ3n) is 6.36. The van der Waals surface area contributed by atoms with Crippen LogP contribution in [0.2, 0.25) is 0 Å². The molecule has 1 N–H and O–H groups in total. The van der Waals surface area contributed by atoms with Gasteiger partial charge in [0.05, 0.1) is 43.9 Å². The number of fused-ring (bicyclic) bond motifs is 1. The van der Waals surface area contributed by atoms with E-state index < -0.39 is 23.5 Å². The normalized spacial score (nSPS) is 20.0. The van der Waals surface area contributed by atoms with E-state index in [0.29, 0.717) is 53.2 Å². The minimum Gasteiger partial charge on any atom is -0.503 e. The second kappa shape index (κ2) is 9.76. The minimum absolute atomic E-state index is 0.00125. The number of thiophene rings is 1. The van der Waals surface area contributed by atoms with Crippen LogP contribution >= 0.6 is 11.3 Å². The lowest BCUT2D eigenvalue weighted by atomic mass is 9.93. The molecule has 0 radical (unpaired) electrons. The molecular weight excluding hydrogens is 476 g/mol. The van der Waals surface area contributed by atoms with Gasteiger partial charge in [-0.15, -0.1) is 11.3 Å². The molecule has 1 aromatic heterocycles. The van der Waals surface area contributed by atoms with E-state index in [9.17, 15) is 14.7 Å². The summed E-state index contributed by atoms with van der Waals surface area (Å²) in [5.74, 6) is -0.187. The molecule has 4 heterocycles. The van der Waals surface area contributed by atoms with Crippen LogP contribution in [0.4, 0.5) is 0 Å². The topological polar surface area (TPSA) is 107 Å². The Labute approximate surface area is 206 Å². The van der Waals surface area contributed by atoms with E-state index in [0.717, 1.165) is 13.1 Å². The Bertz CT molecular complexity index is 1160. The smallest absolute Gasteiger partial charge is 0.290 e. The summed E-state index contributed by atoms with van der Waals surface area (Å²) in [6.07, 6.45) is 0. The Morgan fingerprint density at radius 3 is 2.63 bits per heavy atom. The average Bonchev–Trinajstić information content (AvgIpc) is 3.63. The highest BCUT2D eigenvalue weighted by Gasteiger charge is 2.46. The summed E-state index contributed by atoms with van der Waals surface area (Å²) in [5.41, 5.74) is 0.464. The second-order valence-corrected chi connectivity index (χ2v) is 9.14. The predicted molar refractivity (Wildman–Crippen MR) is 126 cm³/mol. The number of benzene rings is 1. The molecule has 5 rings (SSSR count). The van der Waals surface area contributed by atoms with Crippen molar-refractivity contribution in [3.8, 4) is 23.0 Å². The van der Waals surface area contributed by atoms with Gasteiger partial charge in [0, 0.05) is 31.7 Å². The van der Waals surface area contributed by atoms with Gasteiger partial charge >= 0.3 is 0 Å². The van der Waals surface area contributed by atoms with E-state index in [1.165, 1.54) is 30.5 Å². The largest absolute Gasteiger partial charge is 0.503 e. The summed E-state index contributed by atoms with van der Waals surface area (Å²) in [6.45, 7) is 3.58. The summed E-state index contributed by atoms with van der Waals surface area (Å²) in [6, 6.07) is 4.20. The number of methoxy groups -OCH3 is 2. The van der Waals surface area contributed by atoms with Crippen molar-refractivity contribution in [3.05, 3.63) is 45.4 Å². The van der Waals surface area contributed by atoms with Gasteiger partial charge in [-0.25, -0.2) is 0 Å². The van der Waals surface area contributed by atoms with Crippen molar-refractivity contribution in [2.24, 2.45) is 0 Å². The van der Waals surface area contributed by atoms with Gasteiger partial charge in [0.2, 0.25) is 24.1 Å². The lowest BCUT2D eigenvalue weighted by Gasteiger charge is -2.32. The number of amides is 1. The fraction of sp³-hybridized carbons (Fsp3) is 0.417. The average molecular weight is 503 g/mol. The highest BCUT2D eigenvalue weighted by atomic mass is 32.1. The number of aliphatic hydroxyl groups is 1. The molecule has 1 atom stereocenters. The summed E-state index contributed by atoms with van der Waals surface area (Å²) in [7, 11) is 2.95. The van der Waals surface area contributed by atoms with E-state index >= 15 is 0 Å². The van der Waals surface area contributed by atoms with Crippen molar-refractivity contribution in [1.29, 1.82) is 0 Å². The maximum Gasteiger partial charge on any atom is 0.290 e. The van der Waals surface area contributed by atoms with Crippen LogP contribution in [-0.4, -0.2) is 87.0 Å². The van der Waals surface area contributed by atoms with Crippen molar-refractivity contribution in [3.63, 3.8) is 0 Å². The first-order chi connectivity index (χ1) is 17.0. The molecule has 186 valence electrons. The molecule has 0 aliphatic carbocycles. The SMILES string of the molecule is COc1c([C@H]2C(C(=O)c3cccs3)=C(O)C(=O)N2CCN2CCOCC2)cc2c(c1OC)OCO2. The number of aliphatic hydroxyl groups excluding tert-OH is 1. The van der Waals surface area contributed by atoms with Crippen LogP contribution in [0, 0.1) is 0 Å². The van der Waals surface area contributed by atoms with E-state index in [4.69, 9.17) is 23.7 Å². The molecule has 1 saturated heterocycles. The first-order valence-electron chi connectivity index (χ1n) is 11.2. The molecule has 0 spiro atoms. The Kier molecular flexibility index (Phi) is 6.54. The van der Waals surface area contributed by atoms with Gasteiger partial charge in [0.15, 0.2) is 17.3 Å². The number of hydrogen-bond acceptors (Lipinski definition) is 10. The Hall–Kier alpha value is -3.28. The molecular formula is C24H26N2O8S. The van der Waals surface area contributed by atoms with Crippen molar-refractivity contribution >= 4 is 23.0 Å². The molecule has 35 heavy (non-hydrogen) atoms. The lowest BCUT2D eigenvalue weighted by Crippen LogP contribution is -2.43. The molecule has 3 aliphatic rings. The Morgan fingerprint density at radius 2 is 1.94 bits per heavy atom. The molecule has 1 amide bonds. The van der Waals surface area contributed by atoms with Crippen LogP contribution in [0.3, 0.4) is 0 Å². The first kappa shape index (κ1) is 23.5. The van der Waals surface area contributed by atoms with Gasteiger partial charge in [-0.2, -0.15) is 0 Å². The number of carbonyl (C=O) groups excluding carboxylic acids is 2. The van der Waals surface area contributed by atoms with Crippen LogP contribution in [0.5, 0.6) is 23.0 Å². The summed E-state index contributed by atoms with van der Waals surface area (Å²) < 4.78 is 27.9. The van der Waals surface area contributed by atoms with Crippen molar-refractivity contribution < 1.29 is 38.4 Å². The maximum absolute atomic E-state index is 13.5. The van der Waals surface area contributed by atoms with E-state index in [1.807, 2.05) is 0 Å².